The van der Waals surface area contributed by atoms with Crippen molar-refractivity contribution in [1.29, 1.82) is 0 Å². The smallest absolute Gasteiger partial charge is 0.305 e. The maximum absolute atomic E-state index is 12.5. The van der Waals surface area contributed by atoms with Crippen LogP contribution < -0.4 is 5.32 Å². The maximum Gasteiger partial charge on any atom is 0.305 e. The number of nitrogens with one attached hydrogen (secondary N) is 1. The van der Waals surface area contributed by atoms with Crippen molar-refractivity contribution in [3.63, 3.8) is 0 Å². The number of aliphatic hydroxyl groups excluding tert-OH is 2. The molecule has 2 unspecified atom stereocenters. The van der Waals surface area contributed by atoms with Crippen LogP contribution in [0.5, 0.6) is 0 Å². The van der Waals surface area contributed by atoms with E-state index in [1.165, 1.54) is 334 Å². The monoisotopic (exact) mass is 1210 g/mol. The molecule has 0 fully saturated rings. The standard InChI is InChI=1S/C80H151NO5/c1-3-5-7-9-11-13-15-17-19-21-40-44-48-52-56-60-64-68-72-78(83)77(76-82)81-79(84)73-69-65-61-57-53-49-45-41-38-36-34-32-30-28-26-24-23-25-27-29-31-33-35-37-39-43-47-51-55-59-63-67-71-75-86-80(85)74-70-66-62-58-54-50-46-42-22-20-18-16-14-12-10-8-6-4-2/h14,16,20,22,27,29,33,35,77-78,82-83H,3-13,15,17-19,21,23-26,28,30-32,34,36-76H2,1-2H3,(H,81,84)/b16-14-,22-20-,29-27-,35-33-. The van der Waals surface area contributed by atoms with Crippen LogP contribution in [-0.2, 0) is 14.3 Å². The van der Waals surface area contributed by atoms with Crippen LogP contribution in [0.3, 0.4) is 0 Å². The van der Waals surface area contributed by atoms with Crippen LogP contribution in [0.1, 0.15) is 425 Å². The number of hydrogen-bond acceptors (Lipinski definition) is 5. The highest BCUT2D eigenvalue weighted by Gasteiger charge is 2.20. The number of unbranched alkanes of at least 4 members (excludes halogenated alkanes) is 54. The molecule has 0 bridgehead atoms. The fourth-order valence-electron chi connectivity index (χ4n) is 12.2. The zero-order valence-electron chi connectivity index (χ0n) is 58.1. The summed E-state index contributed by atoms with van der Waals surface area (Å²) >= 11 is 0. The van der Waals surface area contributed by atoms with E-state index in [2.05, 4.69) is 67.8 Å². The number of allylic oxidation sites excluding steroid dienone is 8. The molecule has 506 valence electrons. The van der Waals surface area contributed by atoms with Crippen molar-refractivity contribution in [2.75, 3.05) is 13.2 Å². The third kappa shape index (κ3) is 70.9. The number of rotatable bonds is 73. The molecule has 0 saturated carbocycles. The highest BCUT2D eigenvalue weighted by Crippen LogP contribution is 2.19. The molecule has 0 saturated heterocycles. The molecule has 0 aromatic rings. The fourth-order valence-corrected chi connectivity index (χ4v) is 12.2. The third-order valence-electron chi connectivity index (χ3n) is 18.1. The van der Waals surface area contributed by atoms with E-state index in [-0.39, 0.29) is 18.5 Å². The molecule has 0 aliphatic carbocycles. The van der Waals surface area contributed by atoms with Gasteiger partial charge >= 0.3 is 5.97 Å². The van der Waals surface area contributed by atoms with Gasteiger partial charge in [-0.25, -0.2) is 0 Å². The van der Waals surface area contributed by atoms with Gasteiger partial charge in [-0.15, -0.1) is 0 Å². The molecule has 0 aromatic carbocycles. The molecule has 86 heavy (non-hydrogen) atoms. The molecule has 0 spiro atoms. The number of hydrogen-bond donors (Lipinski definition) is 3. The van der Waals surface area contributed by atoms with Crippen LogP contribution in [0.15, 0.2) is 48.6 Å². The van der Waals surface area contributed by atoms with Gasteiger partial charge in [-0.3, -0.25) is 9.59 Å². The van der Waals surface area contributed by atoms with Gasteiger partial charge in [-0.05, 0) is 89.9 Å². The van der Waals surface area contributed by atoms with E-state index in [4.69, 9.17) is 4.74 Å². The van der Waals surface area contributed by atoms with Gasteiger partial charge in [0.05, 0.1) is 25.4 Å². The van der Waals surface area contributed by atoms with E-state index in [0.29, 0.717) is 25.9 Å². The molecule has 3 N–H and O–H groups in total. The van der Waals surface area contributed by atoms with E-state index in [0.717, 1.165) is 57.8 Å². The summed E-state index contributed by atoms with van der Waals surface area (Å²) in [5, 5.41) is 23.4. The topological polar surface area (TPSA) is 95.9 Å². The van der Waals surface area contributed by atoms with Crippen LogP contribution >= 0.6 is 0 Å². The molecule has 1 amide bonds. The zero-order valence-corrected chi connectivity index (χ0v) is 58.1. The predicted molar refractivity (Wildman–Crippen MR) is 379 cm³/mol. The van der Waals surface area contributed by atoms with Crippen LogP contribution in [0.25, 0.3) is 0 Å². The first-order valence-corrected chi connectivity index (χ1v) is 38.9. The number of ether oxygens (including phenoxy) is 1. The molecule has 0 aromatic heterocycles. The van der Waals surface area contributed by atoms with E-state index in [9.17, 15) is 19.8 Å². The van der Waals surface area contributed by atoms with Crippen molar-refractivity contribution in [2.24, 2.45) is 0 Å². The molecule has 0 radical (unpaired) electrons. The van der Waals surface area contributed by atoms with Gasteiger partial charge in [0.25, 0.3) is 0 Å². The maximum atomic E-state index is 12.5. The van der Waals surface area contributed by atoms with Crippen LogP contribution in [0, 0.1) is 0 Å². The molecule has 6 nitrogen and oxygen atoms in total. The summed E-state index contributed by atoms with van der Waals surface area (Å²) in [4.78, 5) is 24.7. The zero-order chi connectivity index (χ0) is 62.0. The lowest BCUT2D eigenvalue weighted by Gasteiger charge is -2.22. The van der Waals surface area contributed by atoms with Crippen LogP contribution in [0.4, 0.5) is 0 Å². The first-order valence-electron chi connectivity index (χ1n) is 38.9. The Kier molecular flexibility index (Phi) is 73.4. The normalized spacial score (nSPS) is 12.7. The summed E-state index contributed by atoms with van der Waals surface area (Å²) in [5.74, 6) is -0.0221. The Balaban J connectivity index is 3.38. The molecular weight excluding hydrogens is 1050 g/mol. The summed E-state index contributed by atoms with van der Waals surface area (Å²) in [7, 11) is 0. The molecule has 0 heterocycles. The lowest BCUT2D eigenvalue weighted by atomic mass is 10.0. The largest absolute Gasteiger partial charge is 0.466 e. The van der Waals surface area contributed by atoms with Gasteiger partial charge in [-0.1, -0.05) is 371 Å². The fraction of sp³-hybridized carbons (Fsp3) is 0.875. The van der Waals surface area contributed by atoms with Crippen molar-refractivity contribution in [3.8, 4) is 0 Å². The third-order valence-corrected chi connectivity index (χ3v) is 18.1. The first-order chi connectivity index (χ1) is 42.5. The average Bonchev–Trinajstić information content (AvgIpc) is 3.54. The quantitative estimate of drug-likeness (QED) is 0.0320. The molecule has 0 rings (SSSR count). The predicted octanol–water partition coefficient (Wildman–Crippen LogP) is 25.6. The highest BCUT2D eigenvalue weighted by molar-refractivity contribution is 5.76. The summed E-state index contributed by atoms with van der Waals surface area (Å²) in [6.07, 6.45) is 99.0. The van der Waals surface area contributed by atoms with Crippen LogP contribution in [0.2, 0.25) is 0 Å². The lowest BCUT2D eigenvalue weighted by molar-refractivity contribution is -0.143. The highest BCUT2D eigenvalue weighted by atomic mass is 16.5. The van der Waals surface area contributed by atoms with Crippen molar-refractivity contribution in [3.05, 3.63) is 48.6 Å². The minimum Gasteiger partial charge on any atom is -0.466 e. The Morgan fingerprint density at radius 2 is 0.581 bits per heavy atom. The molecular formula is C80H151NO5. The minimum absolute atomic E-state index is 0.00727. The summed E-state index contributed by atoms with van der Waals surface area (Å²) in [6.45, 7) is 4.97. The number of aliphatic hydroxyl groups is 2. The molecule has 0 aliphatic rings. The van der Waals surface area contributed by atoms with Crippen molar-refractivity contribution in [2.45, 2.75) is 437 Å². The van der Waals surface area contributed by atoms with Gasteiger partial charge in [0.2, 0.25) is 5.91 Å². The Bertz CT molecular complexity index is 1440. The van der Waals surface area contributed by atoms with E-state index in [1.807, 2.05) is 0 Å². The number of esters is 1. The van der Waals surface area contributed by atoms with Gasteiger partial charge < -0.3 is 20.3 Å². The number of carbonyl (C=O) groups is 2. The first kappa shape index (κ1) is 83.8. The van der Waals surface area contributed by atoms with Crippen LogP contribution in [-0.4, -0.2) is 47.4 Å². The average molecular weight is 1210 g/mol. The summed E-state index contributed by atoms with van der Waals surface area (Å²) < 4.78 is 5.50. The minimum atomic E-state index is -0.664. The number of amides is 1. The van der Waals surface area contributed by atoms with E-state index >= 15 is 0 Å². The lowest BCUT2D eigenvalue weighted by Crippen LogP contribution is -2.45. The van der Waals surface area contributed by atoms with Crippen molar-refractivity contribution in [1.82, 2.24) is 5.32 Å². The van der Waals surface area contributed by atoms with E-state index < -0.39 is 12.1 Å². The Morgan fingerprint density at radius 1 is 0.326 bits per heavy atom. The van der Waals surface area contributed by atoms with Gasteiger partial charge in [-0.2, -0.15) is 0 Å². The second-order valence-corrected chi connectivity index (χ2v) is 26.7. The Hall–Kier alpha value is -2.18. The summed E-state index contributed by atoms with van der Waals surface area (Å²) in [5.41, 5.74) is 0. The van der Waals surface area contributed by atoms with Crippen molar-refractivity contribution >= 4 is 11.9 Å². The second-order valence-electron chi connectivity index (χ2n) is 26.7. The molecule has 6 heteroatoms. The van der Waals surface area contributed by atoms with Gasteiger partial charge in [0, 0.05) is 12.8 Å². The van der Waals surface area contributed by atoms with E-state index in [1.54, 1.807) is 0 Å². The van der Waals surface area contributed by atoms with Crippen molar-refractivity contribution < 1.29 is 24.5 Å². The molecule has 0 aliphatic heterocycles. The van der Waals surface area contributed by atoms with Gasteiger partial charge in [0.15, 0.2) is 0 Å². The SMILES string of the molecule is CCCCCC/C=C\C/C=C\CCCCCCCCCC(=O)OCCCCCCCCCCC/C=C\C/C=C\CCCCCCCCCCCCCCCCCCCC(=O)NC(CO)C(O)CCCCCCCCCCCCCCCCCCCC. The number of carbonyl (C=O) groups excluding carboxylic acids is 2. The summed E-state index contributed by atoms with van der Waals surface area (Å²) in [6, 6.07) is -0.541. The Morgan fingerprint density at radius 3 is 0.895 bits per heavy atom. The van der Waals surface area contributed by atoms with Gasteiger partial charge in [0.1, 0.15) is 0 Å². The Labute approximate surface area is 537 Å². The molecule has 2 atom stereocenters. The second kappa shape index (κ2) is 75.3.